The number of phenolic OH excluding ortho intramolecular Hbond substituents is 1. The van der Waals surface area contributed by atoms with Crippen LogP contribution in [0.25, 0.3) is 6.08 Å². The number of nitrogens with zero attached hydrogens (tertiary/aromatic N) is 1. The molecule has 1 amide bonds. The Balaban J connectivity index is 2.90. The van der Waals surface area contributed by atoms with Crippen LogP contribution in [0.5, 0.6) is 5.75 Å². The monoisotopic (exact) mass is 254 g/mol. The summed E-state index contributed by atoms with van der Waals surface area (Å²) >= 11 is 0. The molecule has 0 unspecified atom stereocenters. The van der Waals surface area contributed by atoms with Crippen LogP contribution in [-0.4, -0.2) is 22.5 Å². The molecule has 0 radical (unpaired) electrons. The van der Waals surface area contributed by atoms with Gasteiger partial charge in [0.05, 0.1) is 4.92 Å². The largest absolute Gasteiger partial charge is 0.500 e. The quantitative estimate of drug-likeness (QED) is 0.630. The van der Waals surface area contributed by atoms with Gasteiger partial charge in [-0.1, -0.05) is 12.2 Å². The molecule has 0 heterocycles. The highest BCUT2D eigenvalue weighted by Crippen LogP contribution is 2.30. The number of phenols is 1. The van der Waals surface area contributed by atoms with Crippen molar-refractivity contribution >= 4 is 17.7 Å². The number of amides is 1. The molecule has 0 fully saturated rings. The third kappa shape index (κ3) is 3.55. The minimum atomic E-state index is -1.07. The zero-order chi connectivity index (χ0) is 13.7. The lowest BCUT2D eigenvalue weighted by Gasteiger charge is -2.00. The van der Waals surface area contributed by atoms with Crippen LogP contribution in [0.4, 0.5) is 10.1 Å². The van der Waals surface area contributed by atoms with Crippen LogP contribution >= 0.6 is 0 Å². The molecular formula is C11H11FN2O4. The van der Waals surface area contributed by atoms with E-state index in [-0.39, 0.29) is 18.0 Å². The van der Waals surface area contributed by atoms with Gasteiger partial charge in [0.15, 0.2) is 5.82 Å². The van der Waals surface area contributed by atoms with Crippen molar-refractivity contribution in [2.24, 2.45) is 0 Å². The maximum atomic E-state index is 13.2. The van der Waals surface area contributed by atoms with Crippen molar-refractivity contribution in [3.63, 3.8) is 0 Å². The molecule has 0 atom stereocenters. The third-order valence-electron chi connectivity index (χ3n) is 2.04. The Kier molecular flexibility index (Phi) is 4.36. The number of halogens is 1. The molecule has 0 aromatic heterocycles. The van der Waals surface area contributed by atoms with Crippen LogP contribution < -0.4 is 5.32 Å². The number of nitrogens with one attached hydrogen (secondary N) is 1. The maximum absolute atomic E-state index is 13.2. The lowest BCUT2D eigenvalue weighted by atomic mass is 10.1. The fourth-order valence-electron chi connectivity index (χ4n) is 1.24. The van der Waals surface area contributed by atoms with Gasteiger partial charge in [-0.05, 0) is 11.6 Å². The van der Waals surface area contributed by atoms with Crippen LogP contribution in [0.2, 0.25) is 0 Å². The Hall–Kier alpha value is -2.44. The summed E-state index contributed by atoms with van der Waals surface area (Å²) in [7, 11) is 0. The first kappa shape index (κ1) is 13.6. The fourth-order valence-corrected chi connectivity index (χ4v) is 1.24. The lowest BCUT2D eigenvalue weighted by Crippen LogP contribution is -2.19. The molecule has 6 nitrogen and oxygen atoms in total. The Labute approximate surface area is 102 Å². The summed E-state index contributed by atoms with van der Waals surface area (Å²) in [5.41, 5.74) is -0.475. The summed E-state index contributed by atoms with van der Waals surface area (Å²) in [4.78, 5) is 20.2. The standard InChI is InChI=1S/C11H11FN2O4/c1-7(15)13-4-2-3-8-5-9(12)11(16)10(6-8)14(17)18/h2-3,5-6,16H,4H2,1H3,(H,13,15). The van der Waals surface area contributed by atoms with E-state index in [1.54, 1.807) is 0 Å². The highest BCUT2D eigenvalue weighted by atomic mass is 19.1. The van der Waals surface area contributed by atoms with Crippen molar-refractivity contribution in [1.82, 2.24) is 5.32 Å². The van der Waals surface area contributed by atoms with Gasteiger partial charge in [-0.25, -0.2) is 4.39 Å². The molecule has 0 spiro atoms. The van der Waals surface area contributed by atoms with E-state index in [9.17, 15) is 19.3 Å². The maximum Gasteiger partial charge on any atom is 0.314 e. The van der Waals surface area contributed by atoms with E-state index in [1.165, 1.54) is 19.1 Å². The fraction of sp³-hybridized carbons (Fsp3) is 0.182. The molecular weight excluding hydrogens is 243 g/mol. The van der Waals surface area contributed by atoms with Crippen molar-refractivity contribution < 1.29 is 19.2 Å². The van der Waals surface area contributed by atoms with Gasteiger partial charge in [0.25, 0.3) is 0 Å². The van der Waals surface area contributed by atoms with Gasteiger partial charge in [0, 0.05) is 19.5 Å². The molecule has 0 aliphatic heterocycles. The van der Waals surface area contributed by atoms with Crippen molar-refractivity contribution in [2.75, 3.05) is 6.54 Å². The van der Waals surface area contributed by atoms with E-state index in [4.69, 9.17) is 5.11 Å². The topological polar surface area (TPSA) is 92.5 Å². The van der Waals surface area contributed by atoms with Gasteiger partial charge in [-0.2, -0.15) is 0 Å². The first-order valence-corrected chi connectivity index (χ1v) is 4.99. The normalized spacial score (nSPS) is 10.6. The highest BCUT2D eigenvalue weighted by Gasteiger charge is 2.18. The number of hydrogen-bond acceptors (Lipinski definition) is 4. The Morgan fingerprint density at radius 3 is 2.83 bits per heavy atom. The van der Waals surface area contributed by atoms with E-state index in [0.29, 0.717) is 0 Å². The Morgan fingerprint density at radius 2 is 2.28 bits per heavy atom. The second-order valence-corrected chi connectivity index (χ2v) is 3.47. The van der Waals surface area contributed by atoms with E-state index in [2.05, 4.69) is 5.32 Å². The number of nitro groups is 1. The van der Waals surface area contributed by atoms with E-state index >= 15 is 0 Å². The van der Waals surface area contributed by atoms with Crippen LogP contribution in [0.3, 0.4) is 0 Å². The molecule has 7 heteroatoms. The number of hydrogen-bond donors (Lipinski definition) is 2. The van der Waals surface area contributed by atoms with Gasteiger partial charge in [0.2, 0.25) is 11.7 Å². The summed E-state index contributed by atoms with van der Waals surface area (Å²) in [5, 5.41) is 22.2. The predicted molar refractivity (Wildman–Crippen MR) is 62.4 cm³/mol. The summed E-state index contributed by atoms with van der Waals surface area (Å²) in [6.07, 6.45) is 2.92. The molecule has 18 heavy (non-hydrogen) atoms. The number of aromatic hydroxyl groups is 1. The summed E-state index contributed by atoms with van der Waals surface area (Å²) in [5.74, 6) is -2.27. The zero-order valence-corrected chi connectivity index (χ0v) is 9.51. The molecule has 1 rings (SSSR count). The molecule has 1 aromatic rings. The highest BCUT2D eigenvalue weighted by molar-refractivity contribution is 5.73. The van der Waals surface area contributed by atoms with Crippen molar-refractivity contribution in [3.8, 4) is 5.75 Å². The zero-order valence-electron chi connectivity index (χ0n) is 9.51. The number of nitro benzene ring substituents is 1. The van der Waals surface area contributed by atoms with Crippen LogP contribution in [0.1, 0.15) is 12.5 Å². The number of carbonyl (C=O) groups excluding carboxylic acids is 1. The molecule has 0 aliphatic carbocycles. The summed E-state index contributed by atoms with van der Waals surface area (Å²) < 4.78 is 13.2. The smallest absolute Gasteiger partial charge is 0.314 e. The van der Waals surface area contributed by atoms with Crippen LogP contribution in [0, 0.1) is 15.9 Å². The number of rotatable bonds is 4. The minimum Gasteiger partial charge on any atom is -0.500 e. The molecule has 1 aromatic carbocycles. The van der Waals surface area contributed by atoms with Gasteiger partial charge in [-0.15, -0.1) is 0 Å². The summed E-state index contributed by atoms with van der Waals surface area (Å²) in [6.45, 7) is 1.57. The second-order valence-electron chi connectivity index (χ2n) is 3.47. The first-order chi connectivity index (χ1) is 8.41. The predicted octanol–water partition coefficient (Wildman–Crippen LogP) is 1.59. The Bertz CT molecular complexity index is 514. The SMILES string of the molecule is CC(=O)NCC=Cc1cc(F)c(O)c([N+](=O)[O-])c1. The van der Waals surface area contributed by atoms with Gasteiger partial charge >= 0.3 is 5.69 Å². The molecule has 0 aliphatic rings. The van der Waals surface area contributed by atoms with Crippen LogP contribution in [-0.2, 0) is 4.79 Å². The molecule has 96 valence electrons. The first-order valence-electron chi connectivity index (χ1n) is 4.99. The van der Waals surface area contributed by atoms with E-state index < -0.39 is 22.2 Å². The Morgan fingerprint density at radius 1 is 1.61 bits per heavy atom. The lowest BCUT2D eigenvalue weighted by molar-refractivity contribution is -0.386. The van der Waals surface area contributed by atoms with Crippen molar-refractivity contribution in [1.29, 1.82) is 0 Å². The average molecular weight is 254 g/mol. The van der Waals surface area contributed by atoms with E-state index in [1.807, 2.05) is 0 Å². The van der Waals surface area contributed by atoms with E-state index in [0.717, 1.165) is 12.1 Å². The molecule has 0 bridgehead atoms. The third-order valence-corrected chi connectivity index (χ3v) is 2.04. The van der Waals surface area contributed by atoms with Gasteiger partial charge in [-0.3, -0.25) is 14.9 Å². The van der Waals surface area contributed by atoms with Crippen LogP contribution in [0.15, 0.2) is 18.2 Å². The molecule has 2 N–H and O–H groups in total. The summed E-state index contributed by atoms with van der Waals surface area (Å²) in [6, 6.07) is 2.01. The number of benzene rings is 1. The molecule has 0 saturated heterocycles. The average Bonchev–Trinajstić information content (AvgIpc) is 2.28. The minimum absolute atomic E-state index is 0.220. The molecule has 0 saturated carbocycles. The van der Waals surface area contributed by atoms with Gasteiger partial charge < -0.3 is 10.4 Å². The second kappa shape index (κ2) is 5.76. The number of carbonyl (C=O) groups is 1. The van der Waals surface area contributed by atoms with Crippen molar-refractivity contribution in [2.45, 2.75) is 6.92 Å². The van der Waals surface area contributed by atoms with Gasteiger partial charge in [0.1, 0.15) is 0 Å². The van der Waals surface area contributed by atoms with Crippen molar-refractivity contribution in [3.05, 3.63) is 39.7 Å².